The van der Waals surface area contributed by atoms with Gasteiger partial charge in [0.2, 0.25) is 11.8 Å². The second-order valence-corrected chi connectivity index (χ2v) is 11.3. The molecule has 1 spiro atoms. The summed E-state index contributed by atoms with van der Waals surface area (Å²) in [6.45, 7) is 3.78. The molecule has 0 radical (unpaired) electrons. The van der Waals surface area contributed by atoms with Crippen LogP contribution in [0.5, 0.6) is 11.5 Å². The molecule has 6 nitrogen and oxygen atoms in total. The number of hydrogen-bond donors (Lipinski definition) is 2. The van der Waals surface area contributed by atoms with Crippen LogP contribution in [0.3, 0.4) is 0 Å². The molecule has 8 heteroatoms. The lowest BCUT2D eigenvalue weighted by atomic mass is 9.59. The normalized spacial score (nSPS) is 21.1. The van der Waals surface area contributed by atoms with Crippen LogP contribution >= 0.6 is 23.2 Å². The molecule has 1 fully saturated rings. The Balaban J connectivity index is 1.62. The zero-order chi connectivity index (χ0) is 28.9. The van der Waals surface area contributed by atoms with E-state index in [1.807, 2.05) is 50.2 Å². The number of aromatic nitrogens is 1. The van der Waals surface area contributed by atoms with Crippen LogP contribution in [0, 0.1) is 26.2 Å². The number of halogens is 2. The molecule has 3 heterocycles. The summed E-state index contributed by atoms with van der Waals surface area (Å²) in [4.78, 5) is 32.3. The maximum Gasteiger partial charge on any atom is 0.238 e. The van der Waals surface area contributed by atoms with E-state index in [-0.39, 0.29) is 18.2 Å². The van der Waals surface area contributed by atoms with Crippen molar-refractivity contribution in [2.75, 3.05) is 5.32 Å². The lowest BCUT2D eigenvalue weighted by Gasteiger charge is -2.46. The molecule has 0 saturated carbocycles. The Labute approximate surface area is 248 Å². The van der Waals surface area contributed by atoms with Gasteiger partial charge in [0, 0.05) is 62.7 Å². The number of benzene rings is 3. The van der Waals surface area contributed by atoms with Crippen LogP contribution in [0.25, 0.3) is 0 Å². The number of hydrogen-bond acceptors (Lipinski definition) is 4. The minimum atomic E-state index is -1.27. The fourth-order valence-electron chi connectivity index (χ4n) is 6.21. The van der Waals surface area contributed by atoms with Gasteiger partial charge >= 0.3 is 0 Å². The van der Waals surface area contributed by atoms with Crippen LogP contribution in [0.1, 0.15) is 52.0 Å². The summed E-state index contributed by atoms with van der Waals surface area (Å²) in [5.74, 6) is 2.68. The number of piperidine rings is 1. The number of ether oxygens (including phenoxy) is 1. The number of terminal acetylenes is 1. The smallest absolute Gasteiger partial charge is 0.238 e. The molecule has 1 aromatic heterocycles. The highest BCUT2D eigenvalue weighted by Gasteiger charge is 2.61. The topological polar surface area (TPSA) is 80.3 Å². The van der Waals surface area contributed by atoms with E-state index in [1.165, 1.54) is 0 Å². The summed E-state index contributed by atoms with van der Waals surface area (Å²) >= 11 is 12.8. The molecular formula is C33H25Cl2N3O3. The van der Waals surface area contributed by atoms with Crippen molar-refractivity contribution in [1.82, 2.24) is 10.3 Å². The van der Waals surface area contributed by atoms with E-state index in [2.05, 4.69) is 21.5 Å². The average Bonchev–Trinajstić information content (AvgIpc) is 3.20. The molecule has 1 saturated heterocycles. The van der Waals surface area contributed by atoms with Crippen molar-refractivity contribution in [3.63, 3.8) is 0 Å². The average molecular weight is 582 g/mol. The fraction of sp³-hybridized carbons (Fsp3) is 0.182. The third-order valence-corrected chi connectivity index (χ3v) is 8.24. The van der Waals surface area contributed by atoms with Gasteiger partial charge in [-0.25, -0.2) is 0 Å². The Kier molecular flexibility index (Phi) is 6.73. The molecule has 2 aliphatic heterocycles. The summed E-state index contributed by atoms with van der Waals surface area (Å²) < 4.78 is 6.43. The Hall–Kier alpha value is -4.31. The SMILES string of the molecule is C#Cc1ccc(Oc2cc(C)nc(C)c2)c([C@H]2NC(=O)C[C@@H](c3cccc(Cl)c3)[C@]23C(=O)Nc2cc(Cl)ccc23)c1. The quantitative estimate of drug-likeness (QED) is 0.254. The van der Waals surface area contributed by atoms with Crippen molar-refractivity contribution in [1.29, 1.82) is 0 Å². The van der Waals surface area contributed by atoms with Gasteiger partial charge in [-0.05, 0) is 67.4 Å². The minimum absolute atomic E-state index is 0.0695. The van der Waals surface area contributed by atoms with Crippen LogP contribution in [-0.2, 0) is 15.0 Å². The number of rotatable bonds is 4. The highest BCUT2D eigenvalue weighted by molar-refractivity contribution is 6.31. The number of carbonyl (C=O) groups excluding carboxylic acids is 2. The molecule has 204 valence electrons. The summed E-state index contributed by atoms with van der Waals surface area (Å²) in [5.41, 5.74) is 3.56. The third kappa shape index (κ3) is 4.61. The summed E-state index contributed by atoms with van der Waals surface area (Å²) in [6.07, 6.45) is 5.89. The third-order valence-electron chi connectivity index (χ3n) is 7.77. The maximum absolute atomic E-state index is 14.4. The first-order chi connectivity index (χ1) is 19.7. The summed E-state index contributed by atoms with van der Waals surface area (Å²) in [7, 11) is 0. The Morgan fingerprint density at radius 2 is 1.73 bits per heavy atom. The summed E-state index contributed by atoms with van der Waals surface area (Å²) in [6, 6.07) is 20.8. The van der Waals surface area contributed by atoms with E-state index in [4.69, 9.17) is 34.4 Å². The van der Waals surface area contributed by atoms with Gasteiger partial charge in [-0.2, -0.15) is 0 Å². The Bertz CT molecular complexity index is 1760. The molecule has 3 aromatic carbocycles. The second-order valence-electron chi connectivity index (χ2n) is 10.4. The zero-order valence-corrected chi connectivity index (χ0v) is 23.8. The van der Waals surface area contributed by atoms with Crippen molar-refractivity contribution in [3.8, 4) is 23.8 Å². The van der Waals surface area contributed by atoms with Crippen LogP contribution in [-0.4, -0.2) is 16.8 Å². The minimum Gasteiger partial charge on any atom is -0.457 e. The number of nitrogens with one attached hydrogen (secondary N) is 2. The van der Waals surface area contributed by atoms with E-state index >= 15 is 0 Å². The van der Waals surface area contributed by atoms with Gasteiger partial charge in [-0.1, -0.05) is 47.3 Å². The number of amides is 2. The lowest BCUT2D eigenvalue weighted by molar-refractivity contribution is -0.131. The molecule has 4 aromatic rings. The molecule has 0 aliphatic carbocycles. The molecule has 41 heavy (non-hydrogen) atoms. The van der Waals surface area contributed by atoms with Gasteiger partial charge in [-0.3, -0.25) is 14.6 Å². The number of fused-ring (bicyclic) bond motifs is 2. The van der Waals surface area contributed by atoms with Crippen molar-refractivity contribution in [2.24, 2.45) is 0 Å². The van der Waals surface area contributed by atoms with E-state index in [0.717, 1.165) is 22.5 Å². The van der Waals surface area contributed by atoms with E-state index in [0.29, 0.717) is 38.4 Å². The van der Waals surface area contributed by atoms with Gasteiger partial charge in [0.15, 0.2) is 0 Å². The molecule has 2 aliphatic rings. The standard InChI is InChI=1S/C33H25Cl2N3O3/c1-4-20-8-11-29(41-24-12-18(2)36-19(3)13-24)25(14-20)31-33(26-10-9-23(35)16-28(26)37-32(33)40)27(17-30(39)38-31)21-6-5-7-22(34)15-21/h1,5-16,27,31H,17H2,2-3H3,(H,37,40)(H,38,39)/t27-,31+,33-/m0/s1. The molecule has 0 bridgehead atoms. The number of nitrogens with zero attached hydrogens (tertiary/aromatic N) is 1. The largest absolute Gasteiger partial charge is 0.457 e. The molecule has 2 N–H and O–H groups in total. The first kappa shape index (κ1) is 26.9. The number of aryl methyl sites for hydroxylation is 2. The molecule has 0 unspecified atom stereocenters. The van der Waals surface area contributed by atoms with Crippen LogP contribution < -0.4 is 15.4 Å². The molecular weight excluding hydrogens is 557 g/mol. The predicted octanol–water partition coefficient (Wildman–Crippen LogP) is 7.01. The first-order valence-corrected chi connectivity index (χ1v) is 13.8. The summed E-state index contributed by atoms with van der Waals surface area (Å²) in [5, 5.41) is 7.18. The van der Waals surface area contributed by atoms with Crippen molar-refractivity contribution in [2.45, 2.75) is 37.6 Å². The van der Waals surface area contributed by atoms with Gasteiger partial charge in [0.1, 0.15) is 16.9 Å². The van der Waals surface area contributed by atoms with Crippen molar-refractivity contribution < 1.29 is 14.3 Å². The highest BCUT2D eigenvalue weighted by Crippen LogP contribution is 2.58. The molecule has 3 atom stereocenters. The number of anilines is 1. The number of carbonyl (C=O) groups is 2. The van der Waals surface area contributed by atoms with E-state index in [1.54, 1.807) is 36.4 Å². The van der Waals surface area contributed by atoms with Crippen LogP contribution in [0.15, 0.2) is 72.8 Å². The van der Waals surface area contributed by atoms with Crippen molar-refractivity contribution in [3.05, 3.63) is 116 Å². The fourth-order valence-corrected chi connectivity index (χ4v) is 6.58. The Morgan fingerprint density at radius 1 is 0.976 bits per heavy atom. The second kappa shape index (κ2) is 10.3. The van der Waals surface area contributed by atoms with Crippen LogP contribution in [0.4, 0.5) is 5.69 Å². The lowest BCUT2D eigenvalue weighted by Crippen LogP contribution is -2.56. The number of pyridine rings is 1. The highest BCUT2D eigenvalue weighted by atomic mass is 35.5. The van der Waals surface area contributed by atoms with Crippen LogP contribution in [0.2, 0.25) is 10.0 Å². The van der Waals surface area contributed by atoms with E-state index < -0.39 is 17.4 Å². The van der Waals surface area contributed by atoms with Gasteiger partial charge < -0.3 is 15.4 Å². The maximum atomic E-state index is 14.4. The zero-order valence-electron chi connectivity index (χ0n) is 22.3. The molecule has 6 rings (SSSR count). The van der Waals surface area contributed by atoms with Crippen molar-refractivity contribution >= 4 is 40.7 Å². The monoisotopic (exact) mass is 581 g/mol. The predicted molar refractivity (Wildman–Crippen MR) is 160 cm³/mol. The van der Waals surface area contributed by atoms with Gasteiger partial charge in [0.25, 0.3) is 0 Å². The van der Waals surface area contributed by atoms with Gasteiger partial charge in [0.05, 0.1) is 6.04 Å². The molecule has 2 amide bonds. The van der Waals surface area contributed by atoms with Gasteiger partial charge in [-0.15, -0.1) is 6.42 Å². The van der Waals surface area contributed by atoms with E-state index in [9.17, 15) is 9.59 Å². The first-order valence-electron chi connectivity index (χ1n) is 13.1. The Morgan fingerprint density at radius 3 is 2.46 bits per heavy atom.